The Morgan fingerprint density at radius 2 is 1.95 bits per heavy atom. The number of hydrogen-bond donors (Lipinski definition) is 2. The van der Waals surface area contributed by atoms with Gasteiger partial charge in [-0.3, -0.25) is 0 Å². The Hall–Kier alpha value is -2.63. The summed E-state index contributed by atoms with van der Waals surface area (Å²) in [5.74, 6) is 0.739. The average Bonchev–Trinajstić information content (AvgIpc) is 2.90. The summed E-state index contributed by atoms with van der Waals surface area (Å²) < 4.78 is 1.75. The fourth-order valence-corrected chi connectivity index (χ4v) is 1.91. The zero-order chi connectivity index (χ0) is 13.1. The zero-order valence-electron chi connectivity index (χ0n) is 10.5. The summed E-state index contributed by atoms with van der Waals surface area (Å²) in [6.45, 7) is 0.708. The summed E-state index contributed by atoms with van der Waals surface area (Å²) in [5, 5.41) is 3.29. The third-order valence-corrected chi connectivity index (χ3v) is 2.88. The molecule has 0 atom stereocenters. The molecule has 1 aromatic carbocycles. The number of hydrogen-bond acceptors (Lipinski definition) is 5. The van der Waals surface area contributed by atoms with Crippen LogP contribution in [0, 0.1) is 0 Å². The van der Waals surface area contributed by atoms with Crippen molar-refractivity contribution in [1.29, 1.82) is 0 Å². The minimum Gasteiger partial charge on any atom is -0.364 e. The fraction of sp³-hybridized carbons (Fsp3) is 0.154. The number of anilines is 1. The highest BCUT2D eigenvalue weighted by atomic mass is 15.4. The third kappa shape index (κ3) is 2.20. The average molecular weight is 254 g/mol. The van der Waals surface area contributed by atoms with Gasteiger partial charge in [0.05, 0.1) is 0 Å². The Morgan fingerprint density at radius 1 is 1.11 bits per heavy atom. The van der Waals surface area contributed by atoms with Gasteiger partial charge in [-0.15, -0.1) is 0 Å². The number of rotatable bonds is 4. The van der Waals surface area contributed by atoms with Gasteiger partial charge in [0.15, 0.2) is 17.0 Å². The molecule has 6 heteroatoms. The molecule has 2 heterocycles. The van der Waals surface area contributed by atoms with Gasteiger partial charge in [0.1, 0.15) is 12.7 Å². The standard InChI is InChI=1S/C13H14N6/c1-14-19-9-18-11-12(16-8-17-13(11)19)15-7-10-5-3-2-4-6-10/h2-6,8-9,14H,7H2,1H3,(H,15,16,17). The monoisotopic (exact) mass is 254 g/mol. The largest absolute Gasteiger partial charge is 0.364 e. The second-order valence-corrected chi connectivity index (χ2v) is 4.07. The number of imidazole rings is 1. The molecule has 6 nitrogen and oxygen atoms in total. The molecule has 0 aliphatic heterocycles. The van der Waals surface area contributed by atoms with Crippen LogP contribution in [0.5, 0.6) is 0 Å². The van der Waals surface area contributed by atoms with Crippen LogP contribution >= 0.6 is 0 Å². The van der Waals surface area contributed by atoms with Crippen molar-refractivity contribution in [1.82, 2.24) is 19.6 Å². The SMILES string of the molecule is CNn1cnc2c(NCc3ccccc3)ncnc21. The van der Waals surface area contributed by atoms with Crippen molar-refractivity contribution in [2.24, 2.45) is 0 Å². The number of nitrogens with one attached hydrogen (secondary N) is 2. The molecule has 0 spiro atoms. The summed E-state index contributed by atoms with van der Waals surface area (Å²) in [4.78, 5) is 12.8. The highest BCUT2D eigenvalue weighted by Crippen LogP contribution is 2.16. The van der Waals surface area contributed by atoms with Crippen LogP contribution < -0.4 is 10.7 Å². The van der Waals surface area contributed by atoms with Crippen molar-refractivity contribution in [2.75, 3.05) is 17.8 Å². The van der Waals surface area contributed by atoms with E-state index < -0.39 is 0 Å². The zero-order valence-corrected chi connectivity index (χ0v) is 10.5. The summed E-state index contributed by atoms with van der Waals surface area (Å²) in [7, 11) is 1.82. The first-order valence-corrected chi connectivity index (χ1v) is 6.02. The number of benzene rings is 1. The maximum Gasteiger partial charge on any atom is 0.184 e. The fourth-order valence-electron chi connectivity index (χ4n) is 1.91. The number of fused-ring (bicyclic) bond motifs is 1. The van der Waals surface area contributed by atoms with Crippen LogP contribution in [-0.2, 0) is 6.54 Å². The Balaban J connectivity index is 1.87. The summed E-state index contributed by atoms with van der Waals surface area (Å²) >= 11 is 0. The molecule has 96 valence electrons. The second kappa shape index (κ2) is 4.93. The lowest BCUT2D eigenvalue weighted by Crippen LogP contribution is -2.08. The van der Waals surface area contributed by atoms with Crippen LogP contribution in [0.2, 0.25) is 0 Å². The second-order valence-electron chi connectivity index (χ2n) is 4.07. The van der Waals surface area contributed by atoms with E-state index in [0.29, 0.717) is 6.54 Å². The molecule has 0 unspecified atom stereocenters. The van der Waals surface area contributed by atoms with Crippen molar-refractivity contribution in [3.05, 3.63) is 48.5 Å². The Kier molecular flexibility index (Phi) is 2.97. The van der Waals surface area contributed by atoms with Crippen molar-refractivity contribution >= 4 is 17.0 Å². The highest BCUT2D eigenvalue weighted by Gasteiger charge is 2.08. The maximum absolute atomic E-state index is 4.31. The van der Waals surface area contributed by atoms with E-state index in [9.17, 15) is 0 Å². The minimum absolute atomic E-state index is 0.708. The van der Waals surface area contributed by atoms with E-state index in [0.717, 1.165) is 17.0 Å². The molecule has 0 saturated carbocycles. The number of nitrogens with zero attached hydrogens (tertiary/aromatic N) is 4. The van der Waals surface area contributed by atoms with Crippen LogP contribution in [0.4, 0.5) is 5.82 Å². The maximum atomic E-state index is 4.31. The van der Waals surface area contributed by atoms with Crippen LogP contribution in [0.15, 0.2) is 43.0 Å². The molecule has 0 aliphatic carbocycles. The molecular weight excluding hydrogens is 240 g/mol. The van der Waals surface area contributed by atoms with E-state index >= 15 is 0 Å². The van der Waals surface area contributed by atoms with Crippen LogP contribution in [0.25, 0.3) is 11.2 Å². The van der Waals surface area contributed by atoms with Gasteiger partial charge in [-0.2, -0.15) is 0 Å². The smallest absolute Gasteiger partial charge is 0.184 e. The first-order chi connectivity index (χ1) is 9.38. The topological polar surface area (TPSA) is 67.7 Å². The van der Waals surface area contributed by atoms with Gasteiger partial charge in [0.25, 0.3) is 0 Å². The van der Waals surface area contributed by atoms with E-state index in [-0.39, 0.29) is 0 Å². The minimum atomic E-state index is 0.708. The Morgan fingerprint density at radius 3 is 2.74 bits per heavy atom. The van der Waals surface area contributed by atoms with Crippen molar-refractivity contribution in [3.8, 4) is 0 Å². The first-order valence-electron chi connectivity index (χ1n) is 6.02. The Bertz CT molecular complexity index is 676. The van der Waals surface area contributed by atoms with E-state index in [2.05, 4.69) is 37.8 Å². The predicted molar refractivity (Wildman–Crippen MR) is 74.4 cm³/mol. The quantitative estimate of drug-likeness (QED) is 0.740. The molecule has 3 aromatic rings. The molecule has 0 aliphatic rings. The van der Waals surface area contributed by atoms with E-state index in [4.69, 9.17) is 0 Å². The lowest BCUT2D eigenvalue weighted by atomic mass is 10.2. The summed E-state index contributed by atoms with van der Waals surface area (Å²) in [6, 6.07) is 10.2. The van der Waals surface area contributed by atoms with Gasteiger partial charge >= 0.3 is 0 Å². The van der Waals surface area contributed by atoms with Crippen LogP contribution in [-0.4, -0.2) is 26.7 Å². The van der Waals surface area contributed by atoms with Gasteiger partial charge in [0.2, 0.25) is 0 Å². The lowest BCUT2D eigenvalue weighted by Gasteiger charge is -2.06. The van der Waals surface area contributed by atoms with Crippen LogP contribution in [0.3, 0.4) is 0 Å². The molecule has 2 N–H and O–H groups in total. The van der Waals surface area contributed by atoms with Gasteiger partial charge in [-0.1, -0.05) is 30.3 Å². The molecule has 0 bridgehead atoms. The molecular formula is C13H14N6. The van der Waals surface area contributed by atoms with Crippen molar-refractivity contribution in [2.45, 2.75) is 6.54 Å². The van der Waals surface area contributed by atoms with E-state index in [1.807, 2.05) is 25.2 Å². The lowest BCUT2D eigenvalue weighted by molar-refractivity contribution is 0.937. The van der Waals surface area contributed by atoms with Crippen molar-refractivity contribution in [3.63, 3.8) is 0 Å². The predicted octanol–water partition coefficient (Wildman–Crippen LogP) is 1.61. The Labute approximate surface area is 110 Å². The van der Waals surface area contributed by atoms with E-state index in [1.54, 1.807) is 11.0 Å². The summed E-state index contributed by atoms with van der Waals surface area (Å²) in [5.41, 5.74) is 5.70. The highest BCUT2D eigenvalue weighted by molar-refractivity contribution is 5.82. The molecule has 19 heavy (non-hydrogen) atoms. The first kappa shape index (κ1) is 11.5. The molecule has 0 radical (unpaired) electrons. The molecule has 0 amide bonds. The third-order valence-electron chi connectivity index (χ3n) is 2.88. The van der Waals surface area contributed by atoms with Gasteiger partial charge < -0.3 is 10.7 Å². The van der Waals surface area contributed by atoms with E-state index in [1.165, 1.54) is 11.9 Å². The van der Waals surface area contributed by atoms with Crippen molar-refractivity contribution < 1.29 is 0 Å². The molecule has 3 rings (SSSR count). The van der Waals surface area contributed by atoms with Gasteiger partial charge in [0, 0.05) is 13.6 Å². The molecule has 0 fully saturated rings. The van der Waals surface area contributed by atoms with Gasteiger partial charge in [-0.25, -0.2) is 19.6 Å². The van der Waals surface area contributed by atoms with Crippen LogP contribution in [0.1, 0.15) is 5.56 Å². The molecule has 2 aromatic heterocycles. The normalized spacial score (nSPS) is 10.6. The number of aromatic nitrogens is 4. The van der Waals surface area contributed by atoms with Gasteiger partial charge in [-0.05, 0) is 5.56 Å². The molecule has 0 saturated heterocycles. The summed E-state index contributed by atoms with van der Waals surface area (Å²) in [6.07, 6.45) is 3.22.